The maximum absolute atomic E-state index is 12.9. The molecule has 2 aliphatic heterocycles. The fourth-order valence-electron chi connectivity index (χ4n) is 4.73. The number of pyridine rings is 1. The Balaban J connectivity index is 1.32. The second kappa shape index (κ2) is 10.0. The number of rotatable bonds is 7. The molecule has 31 heavy (non-hydrogen) atoms. The number of fused-ring (bicyclic) bond motifs is 1. The third kappa shape index (κ3) is 5.29. The van der Waals surface area contributed by atoms with Gasteiger partial charge in [-0.3, -0.25) is 24.4 Å². The van der Waals surface area contributed by atoms with Gasteiger partial charge in [-0.15, -0.1) is 0 Å². The molecule has 2 amide bonds. The van der Waals surface area contributed by atoms with E-state index < -0.39 is 0 Å². The molecule has 0 aliphatic carbocycles. The van der Waals surface area contributed by atoms with Gasteiger partial charge in [0.15, 0.2) is 0 Å². The smallest absolute Gasteiger partial charge is 0.239 e. The number of benzene rings is 1. The molecular formula is C24H31N5O2. The summed E-state index contributed by atoms with van der Waals surface area (Å²) in [4.78, 5) is 34.0. The second-order valence-electron chi connectivity index (χ2n) is 8.50. The summed E-state index contributed by atoms with van der Waals surface area (Å²) >= 11 is 0. The van der Waals surface area contributed by atoms with Crippen LogP contribution in [-0.4, -0.2) is 64.9 Å². The predicted octanol–water partition coefficient (Wildman–Crippen LogP) is 1.55. The van der Waals surface area contributed by atoms with Crippen LogP contribution in [0.3, 0.4) is 0 Å². The minimum absolute atomic E-state index is 0.0292. The monoisotopic (exact) mass is 421 g/mol. The van der Waals surface area contributed by atoms with Crippen molar-refractivity contribution in [1.29, 1.82) is 0 Å². The zero-order valence-corrected chi connectivity index (χ0v) is 18.0. The normalized spacial score (nSPS) is 24.3. The number of nitrogens with one attached hydrogen (secondary N) is 2. The first-order valence-electron chi connectivity index (χ1n) is 11.0. The fraction of sp³-hybridized carbons (Fsp3) is 0.458. The summed E-state index contributed by atoms with van der Waals surface area (Å²) in [7, 11) is 2.10. The van der Waals surface area contributed by atoms with E-state index >= 15 is 0 Å². The summed E-state index contributed by atoms with van der Waals surface area (Å²) in [5.74, 6) is 0.135. The van der Waals surface area contributed by atoms with Gasteiger partial charge in [0.05, 0.1) is 0 Å². The van der Waals surface area contributed by atoms with Crippen molar-refractivity contribution < 1.29 is 9.59 Å². The van der Waals surface area contributed by atoms with Crippen molar-refractivity contribution in [3.63, 3.8) is 0 Å². The van der Waals surface area contributed by atoms with E-state index in [-0.39, 0.29) is 29.9 Å². The topological polar surface area (TPSA) is 77.6 Å². The minimum atomic E-state index is -0.144. The van der Waals surface area contributed by atoms with E-state index in [1.54, 1.807) is 12.4 Å². The van der Waals surface area contributed by atoms with Crippen molar-refractivity contribution in [1.82, 2.24) is 25.4 Å². The van der Waals surface area contributed by atoms with Crippen LogP contribution < -0.4 is 10.6 Å². The van der Waals surface area contributed by atoms with Crippen LogP contribution in [0.2, 0.25) is 0 Å². The van der Waals surface area contributed by atoms with Crippen molar-refractivity contribution in [3.05, 3.63) is 66.0 Å². The highest BCUT2D eigenvalue weighted by molar-refractivity contribution is 5.83. The van der Waals surface area contributed by atoms with Gasteiger partial charge in [0.2, 0.25) is 11.8 Å². The maximum Gasteiger partial charge on any atom is 0.239 e. The first-order valence-corrected chi connectivity index (χ1v) is 11.0. The van der Waals surface area contributed by atoms with Crippen molar-refractivity contribution in [2.45, 2.75) is 50.5 Å². The molecule has 2 fully saturated rings. The van der Waals surface area contributed by atoms with Crippen molar-refractivity contribution in [3.8, 4) is 0 Å². The van der Waals surface area contributed by atoms with Crippen LogP contribution in [0.25, 0.3) is 0 Å². The molecule has 0 spiro atoms. The number of carbonyl (C=O) groups excluding carboxylic acids is 2. The summed E-state index contributed by atoms with van der Waals surface area (Å²) in [6, 6.07) is 14.3. The second-order valence-corrected chi connectivity index (χ2v) is 8.50. The largest absolute Gasteiger partial charge is 0.353 e. The number of carbonyl (C=O) groups is 2. The molecule has 7 nitrogen and oxygen atoms in total. The standard InChI is InChI=1S/C24H31N5O2/c1-28-20(9-10-22(30)26-15-19-8-5-12-25-14-19)16-27-24(31)23-21(28)11-13-29(23)17-18-6-3-2-4-7-18/h2-8,12,14,20-21,23H,9-11,13,15-17H2,1H3,(H,26,30)(H,27,31). The average molecular weight is 422 g/mol. The molecular weight excluding hydrogens is 390 g/mol. The Hall–Kier alpha value is -2.77. The van der Waals surface area contributed by atoms with Gasteiger partial charge in [-0.05, 0) is 37.1 Å². The first kappa shape index (κ1) is 21.5. The predicted molar refractivity (Wildman–Crippen MR) is 119 cm³/mol. The van der Waals surface area contributed by atoms with E-state index in [0.717, 1.165) is 31.5 Å². The van der Waals surface area contributed by atoms with Gasteiger partial charge in [-0.2, -0.15) is 0 Å². The fourth-order valence-corrected chi connectivity index (χ4v) is 4.73. The number of amides is 2. The first-order chi connectivity index (χ1) is 15.1. The van der Waals surface area contributed by atoms with Gasteiger partial charge in [0.25, 0.3) is 0 Å². The highest BCUT2D eigenvalue weighted by Crippen LogP contribution is 2.28. The molecule has 3 heterocycles. The van der Waals surface area contributed by atoms with Crippen LogP contribution in [-0.2, 0) is 22.7 Å². The van der Waals surface area contributed by atoms with Crippen LogP contribution in [0.15, 0.2) is 54.9 Å². The Morgan fingerprint density at radius 3 is 2.77 bits per heavy atom. The quantitative estimate of drug-likeness (QED) is 0.709. The Bertz CT molecular complexity index is 876. The highest BCUT2D eigenvalue weighted by Gasteiger charge is 2.44. The SMILES string of the molecule is CN1C(CCC(=O)NCc2cccnc2)CNC(=O)C2C1CCN2Cc1ccccc1. The van der Waals surface area contributed by atoms with Crippen LogP contribution in [0.4, 0.5) is 0 Å². The lowest BCUT2D eigenvalue weighted by Gasteiger charge is -2.33. The maximum atomic E-state index is 12.9. The van der Waals surface area contributed by atoms with Crippen molar-refractivity contribution in [2.75, 3.05) is 20.1 Å². The Kier molecular flexibility index (Phi) is 6.94. The lowest BCUT2D eigenvalue weighted by Crippen LogP contribution is -2.49. The van der Waals surface area contributed by atoms with E-state index in [0.29, 0.717) is 19.5 Å². The van der Waals surface area contributed by atoms with E-state index in [1.807, 2.05) is 30.3 Å². The third-order valence-corrected chi connectivity index (χ3v) is 6.50. The third-order valence-electron chi connectivity index (χ3n) is 6.50. The van der Waals surface area contributed by atoms with Crippen LogP contribution >= 0.6 is 0 Å². The molecule has 4 rings (SSSR count). The number of aromatic nitrogens is 1. The highest BCUT2D eigenvalue weighted by atomic mass is 16.2. The Morgan fingerprint density at radius 1 is 1.19 bits per heavy atom. The van der Waals surface area contributed by atoms with E-state index in [4.69, 9.17) is 0 Å². The summed E-state index contributed by atoms with van der Waals surface area (Å²) in [6.07, 6.45) is 5.61. The molecule has 164 valence electrons. The van der Waals surface area contributed by atoms with Gasteiger partial charge in [0, 0.05) is 57.1 Å². The van der Waals surface area contributed by atoms with E-state index in [1.165, 1.54) is 5.56 Å². The molecule has 0 bridgehead atoms. The van der Waals surface area contributed by atoms with Crippen LogP contribution in [0.1, 0.15) is 30.4 Å². The minimum Gasteiger partial charge on any atom is -0.353 e. The molecule has 3 atom stereocenters. The average Bonchev–Trinajstić information content (AvgIpc) is 3.17. The van der Waals surface area contributed by atoms with E-state index in [2.05, 4.69) is 44.6 Å². The van der Waals surface area contributed by atoms with Crippen LogP contribution in [0, 0.1) is 0 Å². The summed E-state index contributed by atoms with van der Waals surface area (Å²) in [5.41, 5.74) is 2.21. The summed E-state index contributed by atoms with van der Waals surface area (Å²) < 4.78 is 0. The van der Waals surface area contributed by atoms with Gasteiger partial charge >= 0.3 is 0 Å². The molecule has 2 aliphatic rings. The number of likely N-dealkylation sites (N-methyl/N-ethyl adjacent to an activating group) is 1. The van der Waals surface area contributed by atoms with Crippen molar-refractivity contribution >= 4 is 11.8 Å². The summed E-state index contributed by atoms with van der Waals surface area (Å²) in [5, 5.41) is 6.10. The lowest BCUT2D eigenvalue weighted by atomic mass is 10.0. The number of hydrogen-bond donors (Lipinski definition) is 2. The molecule has 2 saturated heterocycles. The van der Waals surface area contributed by atoms with Crippen molar-refractivity contribution in [2.24, 2.45) is 0 Å². The number of nitrogens with zero attached hydrogens (tertiary/aromatic N) is 3. The zero-order chi connectivity index (χ0) is 21.6. The van der Waals surface area contributed by atoms with Gasteiger partial charge in [0.1, 0.15) is 6.04 Å². The molecule has 7 heteroatoms. The van der Waals surface area contributed by atoms with Crippen LogP contribution in [0.5, 0.6) is 0 Å². The van der Waals surface area contributed by atoms with Gasteiger partial charge in [-0.25, -0.2) is 0 Å². The Labute approximate surface area is 183 Å². The molecule has 1 aromatic heterocycles. The Morgan fingerprint density at radius 2 is 2.00 bits per heavy atom. The molecule has 1 aromatic carbocycles. The number of hydrogen-bond acceptors (Lipinski definition) is 5. The summed E-state index contributed by atoms with van der Waals surface area (Å²) in [6.45, 7) is 2.76. The number of likely N-dealkylation sites (tertiary alicyclic amines) is 1. The lowest BCUT2D eigenvalue weighted by molar-refractivity contribution is -0.126. The molecule has 2 aromatic rings. The van der Waals surface area contributed by atoms with Gasteiger partial charge < -0.3 is 10.6 Å². The molecule has 0 saturated carbocycles. The molecule has 2 N–H and O–H groups in total. The molecule has 3 unspecified atom stereocenters. The zero-order valence-electron chi connectivity index (χ0n) is 18.0. The van der Waals surface area contributed by atoms with E-state index in [9.17, 15) is 9.59 Å². The molecule has 0 radical (unpaired) electrons. The van der Waals surface area contributed by atoms with Gasteiger partial charge in [-0.1, -0.05) is 36.4 Å².